The Morgan fingerprint density at radius 2 is 2.13 bits per heavy atom. The Labute approximate surface area is 96.4 Å². The van der Waals surface area contributed by atoms with E-state index in [-0.39, 0.29) is 29.2 Å². The number of alkyl halides is 1. The Balaban J connectivity index is 2.56. The second-order valence-corrected chi connectivity index (χ2v) is 6.71. The monoisotopic (exact) mass is 255 g/mol. The normalized spacial score (nSPS) is 29.9. The van der Waals surface area contributed by atoms with Crippen molar-refractivity contribution in [3.63, 3.8) is 0 Å². The molecule has 2 atom stereocenters. The molecule has 1 aliphatic carbocycles. The minimum atomic E-state index is -3.23. The number of rotatable bonds is 5. The molecule has 1 aliphatic rings. The van der Waals surface area contributed by atoms with E-state index in [0.717, 1.165) is 6.42 Å². The zero-order chi connectivity index (χ0) is 11.7. The third-order valence-electron chi connectivity index (χ3n) is 3.13. The van der Waals surface area contributed by atoms with Crippen molar-refractivity contribution < 1.29 is 13.2 Å². The summed E-state index contributed by atoms with van der Waals surface area (Å²) < 4.78 is 30.9. The van der Waals surface area contributed by atoms with Crippen molar-refractivity contribution in [2.75, 3.05) is 18.7 Å². The zero-order valence-corrected chi connectivity index (χ0v) is 10.9. The van der Waals surface area contributed by atoms with E-state index < -0.39 is 10.0 Å². The maximum atomic E-state index is 11.5. The highest BCUT2D eigenvalue weighted by Crippen LogP contribution is 2.42. The molecule has 0 spiro atoms. The van der Waals surface area contributed by atoms with Crippen LogP contribution in [0.1, 0.15) is 20.3 Å². The lowest BCUT2D eigenvalue weighted by molar-refractivity contribution is -0.0908. The molecule has 0 heterocycles. The Morgan fingerprint density at radius 3 is 2.53 bits per heavy atom. The largest absolute Gasteiger partial charge is 0.381 e. The summed E-state index contributed by atoms with van der Waals surface area (Å²) in [6.45, 7) is 4.00. The molecule has 0 amide bonds. The fraction of sp³-hybridized carbons (Fsp3) is 1.00. The summed E-state index contributed by atoms with van der Waals surface area (Å²) in [5.41, 5.74) is -0.145. The minimum Gasteiger partial charge on any atom is -0.381 e. The molecule has 0 aliphatic heterocycles. The van der Waals surface area contributed by atoms with Gasteiger partial charge in [-0.25, -0.2) is 13.1 Å². The molecule has 2 unspecified atom stereocenters. The third-order valence-corrected chi connectivity index (χ3v) is 4.93. The Hall–Kier alpha value is 0.160. The van der Waals surface area contributed by atoms with Crippen LogP contribution in [0.25, 0.3) is 0 Å². The SMILES string of the molecule is COC1CC(NS(=O)(=O)CCCl)C1(C)C. The van der Waals surface area contributed by atoms with Gasteiger partial charge in [-0.05, 0) is 6.42 Å². The standard InChI is InChI=1S/C9H18ClNO3S/c1-9(2)7(6-8(9)14-3)11-15(12,13)5-4-10/h7-8,11H,4-6H2,1-3H3. The van der Waals surface area contributed by atoms with Crippen molar-refractivity contribution in [1.82, 2.24) is 4.72 Å². The lowest BCUT2D eigenvalue weighted by Crippen LogP contribution is -2.62. The topological polar surface area (TPSA) is 55.4 Å². The summed E-state index contributed by atoms with van der Waals surface area (Å²) in [5.74, 6) is 0.0922. The first-order chi connectivity index (χ1) is 6.83. The van der Waals surface area contributed by atoms with Crippen molar-refractivity contribution in [3.8, 4) is 0 Å². The maximum Gasteiger partial charge on any atom is 0.213 e. The molecule has 0 radical (unpaired) electrons. The molecule has 0 saturated heterocycles. The molecule has 0 aromatic rings. The Bertz CT molecular complexity index is 315. The predicted molar refractivity (Wildman–Crippen MR) is 60.6 cm³/mol. The molecular formula is C9H18ClNO3S. The van der Waals surface area contributed by atoms with E-state index in [2.05, 4.69) is 4.72 Å². The van der Waals surface area contributed by atoms with Crippen LogP contribution in [0, 0.1) is 5.41 Å². The number of halogens is 1. The Morgan fingerprint density at radius 1 is 1.53 bits per heavy atom. The summed E-state index contributed by atoms with van der Waals surface area (Å²) in [6, 6.07) is -0.0457. The number of sulfonamides is 1. The van der Waals surface area contributed by atoms with Gasteiger partial charge >= 0.3 is 0 Å². The average Bonchev–Trinajstić information content (AvgIpc) is 2.11. The van der Waals surface area contributed by atoms with Gasteiger partial charge in [-0.2, -0.15) is 0 Å². The van der Waals surface area contributed by atoms with Crippen molar-refractivity contribution in [2.24, 2.45) is 5.41 Å². The van der Waals surface area contributed by atoms with Crippen LogP contribution >= 0.6 is 11.6 Å². The first kappa shape index (κ1) is 13.2. The fourth-order valence-electron chi connectivity index (χ4n) is 1.86. The maximum absolute atomic E-state index is 11.5. The lowest BCUT2D eigenvalue weighted by Gasteiger charge is -2.50. The zero-order valence-electron chi connectivity index (χ0n) is 9.29. The van der Waals surface area contributed by atoms with Crippen LogP contribution in [0.15, 0.2) is 0 Å². The quantitative estimate of drug-likeness (QED) is 0.745. The summed E-state index contributed by atoms with van der Waals surface area (Å²) in [7, 11) is -1.58. The first-order valence-corrected chi connectivity index (χ1v) is 7.11. The third kappa shape index (κ3) is 2.84. The second kappa shape index (κ2) is 4.57. The molecule has 4 nitrogen and oxygen atoms in total. The molecular weight excluding hydrogens is 238 g/mol. The van der Waals surface area contributed by atoms with Gasteiger partial charge in [0.25, 0.3) is 0 Å². The van der Waals surface area contributed by atoms with E-state index in [1.54, 1.807) is 7.11 Å². The Kier molecular flexibility index (Phi) is 4.03. The number of methoxy groups -OCH3 is 1. The molecule has 15 heavy (non-hydrogen) atoms. The van der Waals surface area contributed by atoms with Crippen LogP contribution in [0.2, 0.25) is 0 Å². The van der Waals surface area contributed by atoms with E-state index >= 15 is 0 Å². The summed E-state index contributed by atoms with van der Waals surface area (Å²) in [4.78, 5) is 0. The number of hydrogen-bond acceptors (Lipinski definition) is 3. The highest BCUT2D eigenvalue weighted by atomic mass is 35.5. The molecule has 1 rings (SSSR count). The van der Waals surface area contributed by atoms with E-state index in [9.17, 15) is 8.42 Å². The number of nitrogens with one attached hydrogen (secondary N) is 1. The van der Waals surface area contributed by atoms with Gasteiger partial charge in [0.2, 0.25) is 10.0 Å². The van der Waals surface area contributed by atoms with Gasteiger partial charge in [0.1, 0.15) is 0 Å². The summed E-state index contributed by atoms with van der Waals surface area (Å²) >= 11 is 5.41. The van der Waals surface area contributed by atoms with Crippen LogP contribution in [0.3, 0.4) is 0 Å². The number of ether oxygens (including phenoxy) is 1. The lowest BCUT2D eigenvalue weighted by atomic mass is 9.65. The van der Waals surface area contributed by atoms with Crippen LogP contribution in [-0.2, 0) is 14.8 Å². The summed E-state index contributed by atoms with van der Waals surface area (Å²) in [6.07, 6.45) is 0.853. The van der Waals surface area contributed by atoms with Crippen molar-refractivity contribution in [3.05, 3.63) is 0 Å². The highest BCUT2D eigenvalue weighted by Gasteiger charge is 2.49. The second-order valence-electron chi connectivity index (χ2n) is 4.46. The molecule has 1 fully saturated rings. The van der Waals surface area contributed by atoms with Gasteiger partial charge in [-0.3, -0.25) is 0 Å². The van der Waals surface area contributed by atoms with Crippen LogP contribution < -0.4 is 4.72 Å². The molecule has 0 bridgehead atoms. The van der Waals surface area contributed by atoms with Crippen LogP contribution in [0.4, 0.5) is 0 Å². The van der Waals surface area contributed by atoms with Gasteiger partial charge < -0.3 is 4.74 Å². The van der Waals surface area contributed by atoms with E-state index in [1.165, 1.54) is 0 Å². The van der Waals surface area contributed by atoms with Gasteiger partial charge in [0.15, 0.2) is 0 Å². The highest BCUT2D eigenvalue weighted by molar-refractivity contribution is 7.89. The van der Waals surface area contributed by atoms with Crippen LogP contribution in [-0.4, -0.2) is 39.3 Å². The molecule has 90 valence electrons. The van der Waals surface area contributed by atoms with Crippen molar-refractivity contribution >= 4 is 21.6 Å². The van der Waals surface area contributed by atoms with Gasteiger partial charge in [0, 0.05) is 24.4 Å². The van der Waals surface area contributed by atoms with E-state index in [0.29, 0.717) is 0 Å². The molecule has 1 N–H and O–H groups in total. The van der Waals surface area contributed by atoms with Gasteiger partial charge in [-0.1, -0.05) is 13.8 Å². The van der Waals surface area contributed by atoms with Gasteiger partial charge in [0.05, 0.1) is 11.9 Å². The van der Waals surface area contributed by atoms with E-state index in [4.69, 9.17) is 16.3 Å². The first-order valence-electron chi connectivity index (χ1n) is 4.92. The van der Waals surface area contributed by atoms with Crippen molar-refractivity contribution in [2.45, 2.75) is 32.4 Å². The van der Waals surface area contributed by atoms with Gasteiger partial charge in [-0.15, -0.1) is 11.6 Å². The fourth-order valence-corrected chi connectivity index (χ4v) is 3.63. The summed E-state index contributed by atoms with van der Waals surface area (Å²) in [5, 5.41) is 0. The predicted octanol–water partition coefficient (Wildman–Crippen LogP) is 0.958. The molecule has 0 aromatic carbocycles. The molecule has 6 heteroatoms. The van der Waals surface area contributed by atoms with Crippen LogP contribution in [0.5, 0.6) is 0 Å². The van der Waals surface area contributed by atoms with Crippen molar-refractivity contribution in [1.29, 1.82) is 0 Å². The smallest absolute Gasteiger partial charge is 0.213 e. The molecule has 0 aromatic heterocycles. The average molecular weight is 256 g/mol. The van der Waals surface area contributed by atoms with E-state index in [1.807, 2.05) is 13.8 Å². The number of hydrogen-bond donors (Lipinski definition) is 1. The minimum absolute atomic E-state index is 0.0290. The molecule has 1 saturated carbocycles.